The fourth-order valence-corrected chi connectivity index (χ4v) is 4.51. The van der Waals surface area contributed by atoms with Gasteiger partial charge in [-0.2, -0.15) is 0 Å². The first kappa shape index (κ1) is 24.0. The van der Waals surface area contributed by atoms with Gasteiger partial charge in [-0.3, -0.25) is 14.6 Å². The second kappa shape index (κ2) is 10.5. The summed E-state index contributed by atoms with van der Waals surface area (Å²) < 4.78 is 5.72. The molecule has 0 spiro atoms. The number of anilines is 3. The normalized spacial score (nSPS) is 15.5. The molecule has 2 aliphatic heterocycles. The Kier molecular flexibility index (Phi) is 6.81. The van der Waals surface area contributed by atoms with Crippen molar-refractivity contribution < 1.29 is 24.2 Å². The van der Waals surface area contributed by atoms with Gasteiger partial charge >= 0.3 is 12.0 Å². The van der Waals surface area contributed by atoms with Crippen molar-refractivity contribution in [2.24, 2.45) is 0 Å². The molecule has 3 aromatic carbocycles. The van der Waals surface area contributed by atoms with E-state index in [2.05, 4.69) is 29.2 Å². The standard InChI is InChI=1S/C28H26N4O5/c33-26(30-15-13-29(14-16-30)22-6-2-1-3-7-22)20-37-25-11-9-23(10-12-25)31-17-18-32(28(31)36)24-8-4-5-21(19-24)27(34)35/h1-3,6-12,19H,13-18,20H2,(H,34,35). The number of aromatic carboxylic acids is 1. The van der Waals surface area contributed by atoms with Gasteiger partial charge in [-0.25, -0.2) is 9.59 Å². The largest absolute Gasteiger partial charge is 0.484 e. The van der Waals surface area contributed by atoms with Crippen LogP contribution in [0.5, 0.6) is 5.75 Å². The zero-order valence-corrected chi connectivity index (χ0v) is 20.2. The van der Waals surface area contributed by atoms with E-state index in [1.165, 1.54) is 11.0 Å². The van der Waals surface area contributed by atoms with Crippen LogP contribution >= 0.6 is 0 Å². The summed E-state index contributed by atoms with van der Waals surface area (Å²) in [5, 5.41) is 9.18. The Bertz CT molecular complexity index is 1270. The molecule has 9 heteroatoms. The van der Waals surface area contributed by atoms with Crippen molar-refractivity contribution in [3.05, 3.63) is 84.4 Å². The lowest BCUT2D eigenvalue weighted by atomic mass is 10.2. The van der Waals surface area contributed by atoms with Crippen LogP contribution in [0.15, 0.2) is 66.7 Å². The Balaban J connectivity index is 1.13. The molecule has 9 nitrogen and oxygen atoms in total. The quantitative estimate of drug-likeness (QED) is 0.538. The minimum absolute atomic E-state index is 0.0436. The SMILES string of the molecule is O=C(O)c1c#ccc(N2CCN(c3ccc(OCC(=O)N4CCN(c5ccccc5)CC4)cc3)C2=O)c1. The number of carbonyl (C=O) groups is 3. The van der Waals surface area contributed by atoms with Gasteiger partial charge in [0.05, 0.1) is 5.69 Å². The van der Waals surface area contributed by atoms with E-state index in [1.807, 2.05) is 23.1 Å². The highest BCUT2D eigenvalue weighted by Crippen LogP contribution is 2.27. The molecule has 37 heavy (non-hydrogen) atoms. The summed E-state index contributed by atoms with van der Waals surface area (Å²) in [5.74, 6) is -0.632. The minimum Gasteiger partial charge on any atom is -0.484 e. The number of ether oxygens (including phenoxy) is 1. The summed E-state index contributed by atoms with van der Waals surface area (Å²) in [4.78, 5) is 44.0. The average Bonchev–Trinajstić information content (AvgIpc) is 3.33. The Morgan fingerprint density at radius 2 is 1.51 bits per heavy atom. The van der Waals surface area contributed by atoms with Gasteiger partial charge in [-0.15, -0.1) is 0 Å². The maximum atomic E-state index is 13.0. The molecule has 0 aromatic heterocycles. The van der Waals surface area contributed by atoms with Crippen LogP contribution in [0.25, 0.3) is 0 Å². The number of piperazine rings is 1. The molecule has 1 N–H and O–H groups in total. The highest BCUT2D eigenvalue weighted by molar-refractivity contribution is 6.06. The Labute approximate surface area is 215 Å². The first-order valence-electron chi connectivity index (χ1n) is 12.1. The van der Waals surface area contributed by atoms with Crippen LogP contribution in [-0.2, 0) is 4.79 Å². The Morgan fingerprint density at radius 3 is 2.19 bits per heavy atom. The molecule has 3 aromatic rings. The molecule has 2 aliphatic rings. The average molecular weight is 499 g/mol. The smallest absolute Gasteiger partial charge is 0.344 e. The lowest BCUT2D eigenvalue weighted by Crippen LogP contribution is -2.50. The third kappa shape index (κ3) is 5.28. The van der Waals surface area contributed by atoms with Crippen molar-refractivity contribution in [1.29, 1.82) is 0 Å². The molecule has 0 saturated carbocycles. The molecule has 0 bridgehead atoms. The topological polar surface area (TPSA) is 93.6 Å². The van der Waals surface area contributed by atoms with E-state index < -0.39 is 5.97 Å². The zero-order valence-electron chi connectivity index (χ0n) is 20.2. The van der Waals surface area contributed by atoms with Gasteiger partial charge in [0, 0.05) is 56.7 Å². The van der Waals surface area contributed by atoms with Crippen LogP contribution in [0.1, 0.15) is 10.4 Å². The zero-order chi connectivity index (χ0) is 25.8. The van der Waals surface area contributed by atoms with Crippen LogP contribution < -0.4 is 19.4 Å². The van der Waals surface area contributed by atoms with Gasteiger partial charge in [0.15, 0.2) is 6.61 Å². The number of urea groups is 1. The fraction of sp³-hybridized carbons (Fsp3) is 0.250. The molecule has 2 fully saturated rings. The van der Waals surface area contributed by atoms with E-state index in [4.69, 9.17) is 4.74 Å². The molecule has 188 valence electrons. The molecular weight excluding hydrogens is 472 g/mol. The van der Waals surface area contributed by atoms with E-state index in [1.54, 1.807) is 35.2 Å². The van der Waals surface area contributed by atoms with Crippen LogP contribution in [-0.4, -0.2) is 73.8 Å². The van der Waals surface area contributed by atoms with Gasteiger partial charge < -0.3 is 19.6 Å². The fourth-order valence-electron chi connectivity index (χ4n) is 4.51. The lowest BCUT2D eigenvalue weighted by Gasteiger charge is -2.36. The lowest BCUT2D eigenvalue weighted by molar-refractivity contribution is -0.133. The molecule has 2 saturated heterocycles. The number of hydrogen-bond donors (Lipinski definition) is 1. The second-order valence-corrected chi connectivity index (χ2v) is 8.77. The molecule has 2 heterocycles. The van der Waals surface area contributed by atoms with Crippen LogP contribution in [0, 0.1) is 12.1 Å². The highest BCUT2D eigenvalue weighted by atomic mass is 16.5. The number of benzene rings is 2. The first-order chi connectivity index (χ1) is 18.0. The van der Waals surface area contributed by atoms with Crippen molar-refractivity contribution in [3.63, 3.8) is 0 Å². The van der Waals surface area contributed by atoms with E-state index >= 15 is 0 Å². The van der Waals surface area contributed by atoms with E-state index in [-0.39, 0.29) is 24.1 Å². The van der Waals surface area contributed by atoms with Crippen LogP contribution in [0.2, 0.25) is 0 Å². The minimum atomic E-state index is -1.12. The first-order valence-corrected chi connectivity index (χ1v) is 12.1. The summed E-state index contributed by atoms with van der Waals surface area (Å²) in [6.45, 7) is 3.68. The number of carbonyl (C=O) groups excluding carboxylic acids is 2. The van der Waals surface area contributed by atoms with Crippen molar-refractivity contribution in [3.8, 4) is 5.75 Å². The maximum absolute atomic E-state index is 13.0. The number of carboxylic acids is 1. The van der Waals surface area contributed by atoms with Gasteiger partial charge in [0.2, 0.25) is 0 Å². The van der Waals surface area contributed by atoms with Gasteiger partial charge in [-0.1, -0.05) is 30.3 Å². The summed E-state index contributed by atoms with van der Waals surface area (Å²) in [6, 6.07) is 25.1. The number of nitrogens with zero attached hydrogens (tertiary/aromatic N) is 4. The number of amides is 3. The summed E-state index contributed by atoms with van der Waals surface area (Å²) in [6.07, 6.45) is 0. The predicted octanol–water partition coefficient (Wildman–Crippen LogP) is 3.16. The Morgan fingerprint density at radius 1 is 0.838 bits per heavy atom. The number of hydrogen-bond acceptors (Lipinski definition) is 5. The van der Waals surface area contributed by atoms with Crippen LogP contribution in [0.4, 0.5) is 21.9 Å². The summed E-state index contributed by atoms with van der Waals surface area (Å²) >= 11 is 0. The van der Waals surface area contributed by atoms with E-state index in [0.29, 0.717) is 43.3 Å². The maximum Gasteiger partial charge on any atom is 0.344 e. The second-order valence-electron chi connectivity index (χ2n) is 8.77. The molecule has 0 aliphatic carbocycles. The molecule has 0 atom stereocenters. The van der Waals surface area contributed by atoms with E-state index in [9.17, 15) is 19.5 Å². The van der Waals surface area contributed by atoms with Crippen molar-refractivity contribution in [1.82, 2.24) is 4.90 Å². The molecule has 5 rings (SSSR count). The molecular formula is C28H26N4O5. The highest BCUT2D eigenvalue weighted by Gasteiger charge is 2.31. The van der Waals surface area contributed by atoms with Gasteiger partial charge in [0.1, 0.15) is 11.3 Å². The van der Waals surface area contributed by atoms with Crippen molar-refractivity contribution in [2.45, 2.75) is 0 Å². The summed E-state index contributed by atoms with van der Waals surface area (Å²) in [7, 11) is 0. The van der Waals surface area contributed by atoms with Gasteiger partial charge in [-0.05, 0) is 42.5 Å². The van der Waals surface area contributed by atoms with Crippen molar-refractivity contribution >= 4 is 35.0 Å². The molecule has 3 amide bonds. The monoisotopic (exact) mass is 498 g/mol. The Hall–Kier alpha value is -4.71. The number of para-hydroxylation sites is 1. The number of carboxylic acid groups (broad SMARTS) is 1. The van der Waals surface area contributed by atoms with Crippen LogP contribution in [0.3, 0.4) is 0 Å². The third-order valence-electron chi connectivity index (χ3n) is 6.53. The van der Waals surface area contributed by atoms with Crippen molar-refractivity contribution in [2.75, 3.05) is 60.6 Å². The third-order valence-corrected chi connectivity index (χ3v) is 6.53. The van der Waals surface area contributed by atoms with E-state index in [0.717, 1.165) is 18.8 Å². The predicted molar refractivity (Wildman–Crippen MR) is 138 cm³/mol. The molecule has 0 radical (unpaired) electrons. The number of rotatable bonds is 7. The molecule has 0 unspecified atom stereocenters. The van der Waals surface area contributed by atoms with Gasteiger partial charge in [0.25, 0.3) is 5.91 Å². The summed E-state index contributed by atoms with van der Waals surface area (Å²) in [5.41, 5.74) is 2.27.